The molecule has 0 radical (unpaired) electrons. The van der Waals surface area contributed by atoms with Gasteiger partial charge in [0.15, 0.2) is 5.96 Å². The van der Waals surface area contributed by atoms with E-state index in [4.69, 9.17) is 4.99 Å². The number of halogens is 1. The Morgan fingerprint density at radius 3 is 2.92 bits per heavy atom. The third-order valence-electron chi connectivity index (χ3n) is 4.52. The van der Waals surface area contributed by atoms with E-state index in [2.05, 4.69) is 32.8 Å². The molecule has 0 amide bonds. The van der Waals surface area contributed by atoms with Crippen LogP contribution in [0.25, 0.3) is 10.9 Å². The van der Waals surface area contributed by atoms with Crippen molar-refractivity contribution in [1.29, 1.82) is 0 Å². The Labute approximate surface area is 153 Å². The summed E-state index contributed by atoms with van der Waals surface area (Å²) in [5.74, 6) is 0.667. The number of nitrogens with zero attached hydrogens (tertiary/aromatic N) is 3. The quantitative estimate of drug-likeness (QED) is 0.527. The van der Waals surface area contributed by atoms with E-state index in [1.54, 1.807) is 0 Å². The molecule has 2 heterocycles. The molecule has 6 heteroatoms. The van der Waals surface area contributed by atoms with Gasteiger partial charge in [0, 0.05) is 56.2 Å². The van der Waals surface area contributed by atoms with Crippen LogP contribution in [0.2, 0.25) is 0 Å². The summed E-state index contributed by atoms with van der Waals surface area (Å²) < 4.78 is 15.4. The van der Waals surface area contributed by atoms with Crippen molar-refractivity contribution >= 4 is 16.9 Å². The lowest BCUT2D eigenvalue weighted by Crippen LogP contribution is -2.39. The van der Waals surface area contributed by atoms with Crippen LogP contribution >= 0.6 is 0 Å². The fourth-order valence-corrected chi connectivity index (χ4v) is 3.10. The standard InChI is InChI=1S/C20H26FN5/c1-4-22-20(26(3)14-17-6-5-11-25(17)2)23-10-9-15-13-24-19-12-16(21)7-8-18(15)19/h5-8,11-13,24H,4,9-10,14H2,1-3H3,(H,22,23). The lowest BCUT2D eigenvalue weighted by Gasteiger charge is -2.22. The van der Waals surface area contributed by atoms with Crippen molar-refractivity contribution in [3.05, 3.63) is 59.8 Å². The second-order valence-electron chi connectivity index (χ2n) is 6.46. The summed E-state index contributed by atoms with van der Waals surface area (Å²) in [5, 5.41) is 4.41. The number of aliphatic imine (C=N–C) groups is 1. The van der Waals surface area contributed by atoms with Crippen molar-refractivity contribution in [2.45, 2.75) is 19.9 Å². The van der Waals surface area contributed by atoms with E-state index in [1.165, 1.54) is 17.8 Å². The molecule has 0 spiro atoms. The van der Waals surface area contributed by atoms with Crippen LogP contribution in [0.5, 0.6) is 0 Å². The van der Waals surface area contributed by atoms with Crippen LogP contribution in [0, 0.1) is 5.82 Å². The molecule has 26 heavy (non-hydrogen) atoms. The smallest absolute Gasteiger partial charge is 0.194 e. The number of aromatic amines is 1. The first-order chi connectivity index (χ1) is 12.6. The van der Waals surface area contributed by atoms with Gasteiger partial charge < -0.3 is 19.8 Å². The molecular weight excluding hydrogens is 329 g/mol. The average Bonchev–Trinajstić information content (AvgIpc) is 3.20. The number of benzene rings is 1. The number of H-pyrrole nitrogens is 1. The number of hydrogen-bond donors (Lipinski definition) is 2. The number of aromatic nitrogens is 2. The van der Waals surface area contributed by atoms with Crippen LogP contribution in [-0.2, 0) is 20.0 Å². The van der Waals surface area contributed by atoms with Crippen molar-refractivity contribution < 1.29 is 4.39 Å². The Morgan fingerprint density at radius 1 is 1.35 bits per heavy atom. The zero-order valence-corrected chi connectivity index (χ0v) is 15.6. The third-order valence-corrected chi connectivity index (χ3v) is 4.52. The van der Waals surface area contributed by atoms with Gasteiger partial charge in [0.2, 0.25) is 0 Å². The van der Waals surface area contributed by atoms with Crippen LogP contribution in [0.3, 0.4) is 0 Å². The molecule has 2 N–H and O–H groups in total. The lowest BCUT2D eigenvalue weighted by atomic mass is 10.1. The summed E-state index contributed by atoms with van der Waals surface area (Å²) in [7, 11) is 4.09. The molecule has 5 nitrogen and oxygen atoms in total. The van der Waals surface area contributed by atoms with E-state index in [9.17, 15) is 4.39 Å². The summed E-state index contributed by atoms with van der Waals surface area (Å²) >= 11 is 0. The van der Waals surface area contributed by atoms with Gasteiger partial charge in [-0.15, -0.1) is 0 Å². The largest absolute Gasteiger partial charge is 0.361 e. The molecule has 0 unspecified atom stereocenters. The van der Waals surface area contributed by atoms with E-state index in [1.807, 2.05) is 38.6 Å². The maximum Gasteiger partial charge on any atom is 0.194 e. The van der Waals surface area contributed by atoms with Gasteiger partial charge in [-0.25, -0.2) is 4.39 Å². The number of rotatable bonds is 6. The highest BCUT2D eigenvalue weighted by Gasteiger charge is 2.09. The van der Waals surface area contributed by atoms with Crippen molar-refractivity contribution in [2.24, 2.45) is 12.0 Å². The fraction of sp³-hybridized carbons (Fsp3) is 0.350. The minimum Gasteiger partial charge on any atom is -0.361 e. The number of aryl methyl sites for hydroxylation is 1. The Balaban J connectivity index is 1.67. The van der Waals surface area contributed by atoms with Gasteiger partial charge in [-0.2, -0.15) is 0 Å². The topological polar surface area (TPSA) is 48.4 Å². The molecular formula is C20H26FN5. The van der Waals surface area contributed by atoms with Crippen molar-refractivity contribution in [3.63, 3.8) is 0 Å². The Kier molecular flexibility index (Phi) is 5.61. The first-order valence-corrected chi connectivity index (χ1v) is 8.93. The SMILES string of the molecule is CCNC(=NCCc1c[nH]c2cc(F)ccc12)N(C)Cc1cccn1C. The third kappa shape index (κ3) is 4.07. The van der Waals surface area contributed by atoms with Crippen LogP contribution in [-0.4, -0.2) is 40.5 Å². The van der Waals surface area contributed by atoms with Crippen LogP contribution < -0.4 is 5.32 Å². The summed E-state index contributed by atoms with van der Waals surface area (Å²) in [5.41, 5.74) is 3.22. The van der Waals surface area contributed by atoms with Gasteiger partial charge in [-0.05, 0) is 49.2 Å². The molecule has 0 fully saturated rings. The van der Waals surface area contributed by atoms with E-state index < -0.39 is 0 Å². The predicted molar refractivity (Wildman–Crippen MR) is 105 cm³/mol. The van der Waals surface area contributed by atoms with Gasteiger partial charge in [-0.3, -0.25) is 4.99 Å². The summed E-state index contributed by atoms with van der Waals surface area (Å²) in [4.78, 5) is 10.0. The molecule has 0 aliphatic carbocycles. The van der Waals surface area contributed by atoms with Gasteiger partial charge in [0.25, 0.3) is 0 Å². The van der Waals surface area contributed by atoms with Gasteiger partial charge >= 0.3 is 0 Å². The van der Waals surface area contributed by atoms with Gasteiger partial charge in [-0.1, -0.05) is 0 Å². The molecule has 138 valence electrons. The maximum absolute atomic E-state index is 13.3. The zero-order valence-electron chi connectivity index (χ0n) is 15.6. The van der Waals surface area contributed by atoms with Crippen molar-refractivity contribution in [1.82, 2.24) is 19.8 Å². The molecule has 0 atom stereocenters. The van der Waals surface area contributed by atoms with E-state index in [0.717, 1.165) is 41.9 Å². The summed E-state index contributed by atoms with van der Waals surface area (Å²) in [6.45, 7) is 4.36. The highest BCUT2D eigenvalue weighted by molar-refractivity contribution is 5.83. The molecule has 0 aliphatic rings. The van der Waals surface area contributed by atoms with E-state index in [-0.39, 0.29) is 5.82 Å². The predicted octanol–water partition coefficient (Wildman–Crippen LogP) is 3.29. The second-order valence-corrected chi connectivity index (χ2v) is 6.46. The average molecular weight is 355 g/mol. The van der Waals surface area contributed by atoms with Crippen LogP contribution in [0.4, 0.5) is 4.39 Å². The van der Waals surface area contributed by atoms with Crippen LogP contribution in [0.15, 0.2) is 47.7 Å². The maximum atomic E-state index is 13.3. The zero-order chi connectivity index (χ0) is 18.5. The Hall–Kier alpha value is -2.76. The molecule has 0 saturated carbocycles. The van der Waals surface area contributed by atoms with Crippen LogP contribution in [0.1, 0.15) is 18.2 Å². The molecule has 0 aliphatic heterocycles. The number of hydrogen-bond acceptors (Lipinski definition) is 1. The molecule has 2 aromatic heterocycles. The lowest BCUT2D eigenvalue weighted by molar-refractivity contribution is 0.462. The van der Waals surface area contributed by atoms with Gasteiger partial charge in [0.05, 0.1) is 6.54 Å². The van der Waals surface area contributed by atoms with Crippen molar-refractivity contribution in [2.75, 3.05) is 20.1 Å². The normalized spacial score (nSPS) is 11.9. The monoisotopic (exact) mass is 355 g/mol. The highest BCUT2D eigenvalue weighted by atomic mass is 19.1. The first-order valence-electron chi connectivity index (χ1n) is 8.93. The summed E-state index contributed by atoms with van der Waals surface area (Å²) in [6, 6.07) is 9.02. The fourth-order valence-electron chi connectivity index (χ4n) is 3.10. The molecule has 1 aromatic carbocycles. The molecule has 3 rings (SSSR count). The number of nitrogens with one attached hydrogen (secondary N) is 2. The molecule has 3 aromatic rings. The molecule has 0 bridgehead atoms. The van der Waals surface area contributed by atoms with E-state index in [0.29, 0.717) is 6.54 Å². The minimum absolute atomic E-state index is 0.222. The van der Waals surface area contributed by atoms with Crippen molar-refractivity contribution in [3.8, 4) is 0 Å². The minimum atomic E-state index is -0.222. The number of guanidine groups is 1. The Bertz CT molecular complexity index is 893. The number of fused-ring (bicyclic) bond motifs is 1. The van der Waals surface area contributed by atoms with E-state index >= 15 is 0 Å². The summed E-state index contributed by atoms with van der Waals surface area (Å²) in [6.07, 6.45) is 4.80. The molecule has 0 saturated heterocycles. The first kappa shape index (κ1) is 18.0. The Morgan fingerprint density at radius 2 is 2.19 bits per heavy atom. The second kappa shape index (κ2) is 8.08. The van der Waals surface area contributed by atoms with Gasteiger partial charge in [0.1, 0.15) is 5.82 Å². The highest BCUT2D eigenvalue weighted by Crippen LogP contribution is 2.19.